The van der Waals surface area contributed by atoms with E-state index in [2.05, 4.69) is 39.5 Å². The predicted octanol–water partition coefficient (Wildman–Crippen LogP) is 9.48. The van der Waals surface area contributed by atoms with E-state index in [1.807, 2.05) is 30.3 Å². The number of fused-ring (bicyclic) bond motifs is 3. The number of hydrogen-bond donors (Lipinski definition) is 1. The first-order chi connectivity index (χ1) is 16.4. The third-order valence-corrected chi connectivity index (χ3v) is 8.48. The summed E-state index contributed by atoms with van der Waals surface area (Å²) in [6.07, 6.45) is 5.30. The molecule has 3 nitrogen and oxygen atoms in total. The first-order valence-electron chi connectivity index (χ1n) is 10.7. The smallest absolute Gasteiger partial charge is 0.175 e. The van der Waals surface area contributed by atoms with Gasteiger partial charge in [0, 0.05) is 22.1 Å². The molecule has 0 radical (unpaired) electrons. The number of ether oxygens (including phenoxy) is 2. The molecule has 1 heterocycles. The van der Waals surface area contributed by atoms with Crippen molar-refractivity contribution in [2.24, 2.45) is 5.92 Å². The van der Waals surface area contributed by atoms with Gasteiger partial charge in [0.05, 0.1) is 38.4 Å². The Morgan fingerprint density at radius 2 is 1.82 bits per heavy atom. The second-order valence-electron chi connectivity index (χ2n) is 8.33. The van der Waals surface area contributed by atoms with Crippen LogP contribution in [0.5, 0.6) is 11.5 Å². The maximum Gasteiger partial charge on any atom is 0.175 e. The van der Waals surface area contributed by atoms with Gasteiger partial charge in [-0.05, 0) is 58.1 Å². The average Bonchev–Trinajstić information content (AvgIpc) is 3.31. The number of rotatable bonds is 5. The van der Waals surface area contributed by atoms with Crippen LogP contribution in [-0.2, 0) is 6.61 Å². The van der Waals surface area contributed by atoms with E-state index in [4.69, 9.17) is 55.9 Å². The second-order valence-corrected chi connectivity index (χ2v) is 10.8. The van der Waals surface area contributed by atoms with Crippen LogP contribution in [0.3, 0.4) is 0 Å². The Kier molecular flexibility index (Phi) is 6.98. The molecule has 0 amide bonds. The van der Waals surface area contributed by atoms with Crippen molar-refractivity contribution in [3.05, 3.63) is 95.9 Å². The molecular formula is C26H20BrCl4NO2. The summed E-state index contributed by atoms with van der Waals surface area (Å²) in [5.41, 5.74) is 3.74. The molecule has 3 aromatic carbocycles. The van der Waals surface area contributed by atoms with E-state index in [9.17, 15) is 0 Å². The Balaban J connectivity index is 1.50. The monoisotopic (exact) mass is 597 g/mol. The fraction of sp³-hybridized carbons (Fsp3) is 0.231. The maximum atomic E-state index is 6.62. The summed E-state index contributed by atoms with van der Waals surface area (Å²) < 4.78 is 12.6. The lowest BCUT2D eigenvalue weighted by atomic mass is 9.77. The van der Waals surface area contributed by atoms with E-state index in [0.717, 1.165) is 33.3 Å². The SMILES string of the molecule is COc1cc([C@@H]2Nc3c(Cl)cc(Cl)c(Cl)c3[C@H]3C=CC[C@H]32)cc(Br)c1OCc1ccccc1Cl. The Morgan fingerprint density at radius 3 is 2.59 bits per heavy atom. The van der Waals surface area contributed by atoms with Crippen LogP contribution in [0.15, 0.2) is 59.1 Å². The largest absolute Gasteiger partial charge is 0.493 e. The molecule has 1 aliphatic heterocycles. The Labute approximate surface area is 227 Å². The van der Waals surface area contributed by atoms with Crippen molar-refractivity contribution in [1.29, 1.82) is 0 Å². The highest BCUT2D eigenvalue weighted by Crippen LogP contribution is 2.55. The van der Waals surface area contributed by atoms with Crippen molar-refractivity contribution in [2.75, 3.05) is 12.4 Å². The number of anilines is 1. The summed E-state index contributed by atoms with van der Waals surface area (Å²) >= 11 is 29.5. The zero-order valence-corrected chi connectivity index (χ0v) is 22.7. The van der Waals surface area contributed by atoms with Gasteiger partial charge in [0.25, 0.3) is 0 Å². The van der Waals surface area contributed by atoms with Gasteiger partial charge in [0.2, 0.25) is 0 Å². The molecule has 3 atom stereocenters. The van der Waals surface area contributed by atoms with Crippen molar-refractivity contribution in [3.8, 4) is 11.5 Å². The molecule has 176 valence electrons. The highest BCUT2D eigenvalue weighted by Gasteiger charge is 2.41. The van der Waals surface area contributed by atoms with Crippen LogP contribution >= 0.6 is 62.3 Å². The van der Waals surface area contributed by atoms with Crippen molar-refractivity contribution in [2.45, 2.75) is 25.0 Å². The number of allylic oxidation sites excluding steroid dienone is 2. The topological polar surface area (TPSA) is 30.5 Å². The van der Waals surface area contributed by atoms with Crippen molar-refractivity contribution in [1.82, 2.24) is 0 Å². The van der Waals surface area contributed by atoms with Crippen LogP contribution in [0.2, 0.25) is 20.1 Å². The van der Waals surface area contributed by atoms with E-state index >= 15 is 0 Å². The lowest BCUT2D eigenvalue weighted by Gasteiger charge is -2.38. The van der Waals surface area contributed by atoms with E-state index in [1.165, 1.54) is 0 Å². The van der Waals surface area contributed by atoms with Gasteiger partial charge in [-0.15, -0.1) is 0 Å². The Morgan fingerprint density at radius 1 is 1.03 bits per heavy atom. The van der Waals surface area contributed by atoms with Crippen LogP contribution in [-0.4, -0.2) is 7.11 Å². The summed E-state index contributed by atoms with van der Waals surface area (Å²) in [7, 11) is 1.63. The maximum absolute atomic E-state index is 6.62. The molecular weight excluding hydrogens is 580 g/mol. The molecule has 34 heavy (non-hydrogen) atoms. The average molecular weight is 600 g/mol. The van der Waals surface area contributed by atoms with Crippen LogP contribution in [0.4, 0.5) is 5.69 Å². The van der Waals surface area contributed by atoms with Gasteiger partial charge in [-0.1, -0.05) is 76.8 Å². The molecule has 5 rings (SSSR count). The molecule has 0 saturated carbocycles. The van der Waals surface area contributed by atoms with E-state index in [0.29, 0.717) is 38.2 Å². The molecule has 3 aromatic rings. The number of halogens is 5. The van der Waals surface area contributed by atoms with Crippen molar-refractivity contribution < 1.29 is 9.47 Å². The Hall–Kier alpha value is -1.56. The van der Waals surface area contributed by atoms with Gasteiger partial charge in [-0.2, -0.15) is 0 Å². The number of methoxy groups -OCH3 is 1. The summed E-state index contributed by atoms with van der Waals surface area (Å²) in [5, 5.41) is 5.87. The highest BCUT2D eigenvalue weighted by molar-refractivity contribution is 9.10. The van der Waals surface area contributed by atoms with E-state index < -0.39 is 0 Å². The normalized spacial score (nSPS) is 20.5. The third-order valence-electron chi connectivity index (χ3n) is 6.42. The summed E-state index contributed by atoms with van der Waals surface area (Å²) in [4.78, 5) is 0. The molecule has 0 spiro atoms. The quantitative estimate of drug-likeness (QED) is 0.234. The van der Waals surface area contributed by atoms with Crippen molar-refractivity contribution >= 4 is 68.0 Å². The second kappa shape index (κ2) is 9.83. The molecule has 8 heteroatoms. The van der Waals surface area contributed by atoms with Crippen LogP contribution in [0.25, 0.3) is 0 Å². The van der Waals surface area contributed by atoms with Crippen LogP contribution < -0.4 is 14.8 Å². The molecule has 0 bridgehead atoms. The van der Waals surface area contributed by atoms with E-state index in [-0.39, 0.29) is 17.9 Å². The minimum absolute atomic E-state index is 0.00920. The minimum Gasteiger partial charge on any atom is -0.493 e. The van der Waals surface area contributed by atoms with E-state index in [1.54, 1.807) is 13.2 Å². The fourth-order valence-electron chi connectivity index (χ4n) is 4.82. The van der Waals surface area contributed by atoms with Gasteiger partial charge in [0.1, 0.15) is 6.61 Å². The molecule has 1 N–H and O–H groups in total. The summed E-state index contributed by atoms with van der Waals surface area (Å²) in [5.74, 6) is 1.63. The molecule has 0 saturated heterocycles. The van der Waals surface area contributed by atoms with Gasteiger partial charge in [-0.25, -0.2) is 0 Å². The lowest BCUT2D eigenvalue weighted by Crippen LogP contribution is -2.29. The summed E-state index contributed by atoms with van der Waals surface area (Å²) in [6, 6.07) is 13.4. The highest BCUT2D eigenvalue weighted by atomic mass is 79.9. The van der Waals surface area contributed by atoms with Crippen molar-refractivity contribution in [3.63, 3.8) is 0 Å². The number of nitrogens with one attached hydrogen (secondary N) is 1. The summed E-state index contributed by atoms with van der Waals surface area (Å²) in [6.45, 7) is 0.326. The Bertz CT molecular complexity index is 1300. The molecule has 2 aliphatic rings. The molecule has 0 aromatic heterocycles. The van der Waals surface area contributed by atoms with Gasteiger partial charge in [-0.3, -0.25) is 0 Å². The molecule has 0 unspecified atom stereocenters. The predicted molar refractivity (Wildman–Crippen MR) is 144 cm³/mol. The molecule has 1 aliphatic carbocycles. The van der Waals surface area contributed by atoms with Gasteiger partial charge in [0.15, 0.2) is 11.5 Å². The zero-order valence-electron chi connectivity index (χ0n) is 18.0. The standard InChI is InChI=1S/C26H20BrCl4NO2/c1-33-21-10-14(9-17(27)26(21)34-12-13-5-2-3-8-18(13)28)24-16-7-4-6-15(16)22-23(31)19(29)11-20(30)25(22)32-24/h2-6,8-11,15-16,24,32H,7,12H2,1H3/t15-,16+,24-/m0/s1. The van der Waals surface area contributed by atoms with Gasteiger partial charge >= 0.3 is 0 Å². The fourth-order valence-corrected chi connectivity index (χ4v) is 6.39. The van der Waals surface area contributed by atoms with Crippen LogP contribution in [0.1, 0.15) is 35.1 Å². The first-order valence-corrected chi connectivity index (χ1v) is 13.0. The van der Waals surface area contributed by atoms with Gasteiger partial charge < -0.3 is 14.8 Å². The zero-order chi connectivity index (χ0) is 24.0. The number of hydrogen-bond acceptors (Lipinski definition) is 3. The van der Waals surface area contributed by atoms with Crippen LogP contribution in [0, 0.1) is 5.92 Å². The molecule has 0 fully saturated rings. The first kappa shape index (κ1) is 24.1. The minimum atomic E-state index is -0.00920. The lowest BCUT2D eigenvalue weighted by molar-refractivity contribution is 0.282. The third kappa shape index (κ3) is 4.29. The number of benzene rings is 3.